The van der Waals surface area contributed by atoms with E-state index in [0.29, 0.717) is 0 Å². The lowest BCUT2D eigenvalue weighted by atomic mass is 9.95. The molecule has 1 aliphatic heterocycles. The van der Waals surface area contributed by atoms with Crippen molar-refractivity contribution < 1.29 is 8.42 Å². The summed E-state index contributed by atoms with van der Waals surface area (Å²) in [6.45, 7) is 7.86. The Bertz CT molecular complexity index is 388. The number of unbranched alkanes of at least 4 members (excludes halogenated alkanes) is 5. The summed E-state index contributed by atoms with van der Waals surface area (Å²) < 4.78 is 27.6. The smallest absolute Gasteiger partial charge is 0.212 e. The van der Waals surface area contributed by atoms with E-state index < -0.39 is 14.8 Å². The van der Waals surface area contributed by atoms with Gasteiger partial charge in [0, 0.05) is 13.1 Å². The third kappa shape index (κ3) is 5.52. The molecule has 3 nitrogen and oxygen atoms in total. The van der Waals surface area contributed by atoms with Gasteiger partial charge in [0.2, 0.25) is 10.0 Å². The van der Waals surface area contributed by atoms with Gasteiger partial charge in [-0.25, -0.2) is 12.7 Å². The summed E-state index contributed by atoms with van der Waals surface area (Å²) in [5, 5.41) is 0. The van der Waals surface area contributed by atoms with Crippen LogP contribution in [-0.2, 0) is 10.0 Å². The van der Waals surface area contributed by atoms with Gasteiger partial charge in [0.15, 0.2) is 0 Å². The first-order valence-electron chi connectivity index (χ1n) is 9.47. The third-order valence-electron chi connectivity index (χ3n) is 5.15. The molecule has 1 rings (SSSR count). The van der Waals surface area contributed by atoms with Crippen molar-refractivity contribution in [3.63, 3.8) is 0 Å². The first-order chi connectivity index (χ1) is 10.5. The molecule has 1 atom stereocenters. The van der Waals surface area contributed by atoms with E-state index in [4.69, 9.17) is 0 Å². The van der Waals surface area contributed by atoms with Gasteiger partial charge in [-0.1, -0.05) is 65.2 Å². The summed E-state index contributed by atoms with van der Waals surface area (Å²) in [7, 11) is -3.16. The number of rotatable bonds is 11. The number of hydrogen-bond acceptors (Lipinski definition) is 2. The van der Waals surface area contributed by atoms with E-state index in [-0.39, 0.29) is 0 Å². The molecule has 1 heterocycles. The van der Waals surface area contributed by atoms with Crippen molar-refractivity contribution in [1.82, 2.24) is 4.31 Å². The number of sulfonamides is 1. The predicted octanol–water partition coefficient (Wildman–Crippen LogP) is 5.11. The second-order valence-corrected chi connectivity index (χ2v) is 9.63. The molecule has 0 radical (unpaired) electrons. The highest BCUT2D eigenvalue weighted by Crippen LogP contribution is 2.34. The lowest BCUT2D eigenvalue weighted by Crippen LogP contribution is -2.48. The lowest BCUT2D eigenvalue weighted by Gasteiger charge is -2.37. The molecule has 0 aromatic carbocycles. The van der Waals surface area contributed by atoms with Crippen LogP contribution in [-0.4, -0.2) is 30.6 Å². The van der Waals surface area contributed by atoms with Crippen LogP contribution in [0.1, 0.15) is 97.8 Å². The van der Waals surface area contributed by atoms with Gasteiger partial charge in [-0.3, -0.25) is 0 Å². The van der Waals surface area contributed by atoms with E-state index in [2.05, 4.69) is 13.8 Å². The number of hydrogen-bond donors (Lipinski definition) is 0. The molecule has 22 heavy (non-hydrogen) atoms. The molecule has 1 aliphatic rings. The standard InChI is InChI=1S/C18H37NO2S/c1-4-6-8-11-15-18(3,14-10-7-5-2)22(20,21)19-16-12-9-13-17-19/h4-17H2,1-3H3. The van der Waals surface area contributed by atoms with Crippen molar-refractivity contribution >= 4 is 10.0 Å². The summed E-state index contributed by atoms with van der Waals surface area (Å²) in [6, 6.07) is 0. The zero-order valence-electron chi connectivity index (χ0n) is 15.1. The van der Waals surface area contributed by atoms with Crippen LogP contribution in [0.15, 0.2) is 0 Å². The first-order valence-corrected chi connectivity index (χ1v) is 10.9. The van der Waals surface area contributed by atoms with Gasteiger partial charge < -0.3 is 0 Å². The van der Waals surface area contributed by atoms with Crippen molar-refractivity contribution in [2.24, 2.45) is 0 Å². The predicted molar refractivity (Wildman–Crippen MR) is 95.6 cm³/mol. The van der Waals surface area contributed by atoms with Gasteiger partial charge in [0.1, 0.15) is 0 Å². The molecule has 0 aromatic rings. The second-order valence-electron chi connectivity index (χ2n) is 7.18. The summed E-state index contributed by atoms with van der Waals surface area (Å²) in [5.41, 5.74) is 0. The zero-order valence-corrected chi connectivity index (χ0v) is 15.9. The highest BCUT2D eigenvalue weighted by atomic mass is 32.2. The van der Waals surface area contributed by atoms with E-state index in [9.17, 15) is 8.42 Å². The molecule has 1 saturated heterocycles. The molecule has 0 amide bonds. The van der Waals surface area contributed by atoms with E-state index >= 15 is 0 Å². The quantitative estimate of drug-likeness (QED) is 0.493. The number of nitrogens with zero attached hydrogens (tertiary/aromatic N) is 1. The summed E-state index contributed by atoms with van der Waals surface area (Å²) in [6.07, 6.45) is 12.8. The Labute approximate surface area is 138 Å². The maximum Gasteiger partial charge on any atom is 0.219 e. The fourth-order valence-corrected chi connectivity index (χ4v) is 5.64. The highest BCUT2D eigenvalue weighted by Gasteiger charge is 2.42. The van der Waals surface area contributed by atoms with Crippen LogP contribution in [0.3, 0.4) is 0 Å². The van der Waals surface area contributed by atoms with Gasteiger partial charge in [0.05, 0.1) is 4.75 Å². The normalized spacial score (nSPS) is 20.0. The Morgan fingerprint density at radius 1 is 0.818 bits per heavy atom. The van der Waals surface area contributed by atoms with E-state index in [1.807, 2.05) is 6.92 Å². The molecule has 1 fully saturated rings. The summed E-state index contributed by atoms with van der Waals surface area (Å²) in [5.74, 6) is 0. The Morgan fingerprint density at radius 2 is 1.32 bits per heavy atom. The van der Waals surface area contributed by atoms with Gasteiger partial charge in [-0.05, 0) is 32.6 Å². The average Bonchev–Trinajstić information content (AvgIpc) is 2.52. The van der Waals surface area contributed by atoms with Crippen molar-refractivity contribution in [1.29, 1.82) is 0 Å². The molecule has 0 N–H and O–H groups in total. The molecule has 0 spiro atoms. The largest absolute Gasteiger partial charge is 0.219 e. The highest BCUT2D eigenvalue weighted by molar-refractivity contribution is 7.90. The Balaban J connectivity index is 2.76. The number of piperidine rings is 1. The van der Waals surface area contributed by atoms with E-state index in [1.54, 1.807) is 4.31 Å². The summed E-state index contributed by atoms with van der Waals surface area (Å²) in [4.78, 5) is 0. The minimum Gasteiger partial charge on any atom is -0.212 e. The minimum absolute atomic E-state index is 0.548. The van der Waals surface area contributed by atoms with Gasteiger partial charge >= 0.3 is 0 Å². The van der Waals surface area contributed by atoms with Crippen LogP contribution in [0.25, 0.3) is 0 Å². The monoisotopic (exact) mass is 331 g/mol. The van der Waals surface area contributed by atoms with Gasteiger partial charge in [-0.15, -0.1) is 0 Å². The Hall–Kier alpha value is -0.0900. The molecule has 1 unspecified atom stereocenters. The fourth-order valence-electron chi connectivity index (χ4n) is 3.47. The van der Waals surface area contributed by atoms with Crippen LogP contribution < -0.4 is 0 Å². The molecular weight excluding hydrogens is 294 g/mol. The molecule has 132 valence electrons. The maximum absolute atomic E-state index is 13.2. The van der Waals surface area contributed by atoms with Crippen molar-refractivity contribution in [2.75, 3.05) is 13.1 Å². The van der Waals surface area contributed by atoms with E-state index in [0.717, 1.165) is 70.9 Å². The van der Waals surface area contributed by atoms with Crippen molar-refractivity contribution in [3.8, 4) is 0 Å². The van der Waals surface area contributed by atoms with Crippen molar-refractivity contribution in [3.05, 3.63) is 0 Å². The van der Waals surface area contributed by atoms with Crippen LogP contribution in [0, 0.1) is 0 Å². The molecule has 0 bridgehead atoms. The van der Waals surface area contributed by atoms with Gasteiger partial charge in [0.25, 0.3) is 0 Å². The van der Waals surface area contributed by atoms with Crippen molar-refractivity contribution in [2.45, 2.75) is 103 Å². The summed E-state index contributed by atoms with van der Waals surface area (Å²) >= 11 is 0. The Morgan fingerprint density at radius 3 is 1.86 bits per heavy atom. The molecule has 4 heteroatoms. The molecule has 0 saturated carbocycles. The van der Waals surface area contributed by atoms with Crippen LogP contribution >= 0.6 is 0 Å². The lowest BCUT2D eigenvalue weighted by molar-refractivity contribution is 0.322. The Kier molecular flexibility index (Phi) is 9.00. The molecule has 0 aromatic heterocycles. The van der Waals surface area contributed by atoms with Crippen LogP contribution in [0.2, 0.25) is 0 Å². The topological polar surface area (TPSA) is 37.4 Å². The third-order valence-corrected chi connectivity index (χ3v) is 7.84. The average molecular weight is 332 g/mol. The van der Waals surface area contributed by atoms with Crippen LogP contribution in [0.4, 0.5) is 0 Å². The maximum atomic E-state index is 13.2. The molecular formula is C18H37NO2S. The second kappa shape index (κ2) is 9.92. The fraction of sp³-hybridized carbons (Fsp3) is 1.00. The zero-order chi connectivity index (χ0) is 16.5. The SMILES string of the molecule is CCCCCCC(C)(CCCCC)S(=O)(=O)N1CCCCC1. The molecule has 0 aliphatic carbocycles. The van der Waals surface area contributed by atoms with Gasteiger partial charge in [-0.2, -0.15) is 0 Å². The van der Waals surface area contributed by atoms with E-state index in [1.165, 1.54) is 19.3 Å². The van der Waals surface area contributed by atoms with Crippen LogP contribution in [0.5, 0.6) is 0 Å². The minimum atomic E-state index is -3.16. The first kappa shape index (κ1) is 20.0.